The van der Waals surface area contributed by atoms with E-state index in [-0.39, 0.29) is 6.04 Å². The molecule has 1 aliphatic carbocycles. The summed E-state index contributed by atoms with van der Waals surface area (Å²) in [6.45, 7) is 20.8. The maximum atomic E-state index is 5.58. The molecule has 0 amide bonds. The van der Waals surface area contributed by atoms with Gasteiger partial charge >= 0.3 is 0 Å². The Hall–Kier alpha value is -8.74. The van der Waals surface area contributed by atoms with Crippen molar-refractivity contribution in [3.05, 3.63) is 290 Å². The van der Waals surface area contributed by atoms with Gasteiger partial charge < -0.3 is 29.1 Å². The van der Waals surface area contributed by atoms with Crippen molar-refractivity contribution in [2.45, 2.75) is 40.2 Å². The van der Waals surface area contributed by atoms with Gasteiger partial charge in [0, 0.05) is 74.7 Å². The number of allylic oxidation sites excluding steroid dienone is 16. The van der Waals surface area contributed by atoms with Crippen LogP contribution >= 0.6 is 0 Å². The van der Waals surface area contributed by atoms with Gasteiger partial charge in [-0.2, -0.15) is 0 Å². The van der Waals surface area contributed by atoms with E-state index in [1.807, 2.05) is 74.5 Å². The van der Waals surface area contributed by atoms with Gasteiger partial charge in [-0.3, -0.25) is 0 Å². The number of nitrogens with zero attached hydrogens (tertiary/aromatic N) is 4. The number of hydrogen-bond acceptors (Lipinski definition) is 6. The van der Waals surface area contributed by atoms with E-state index in [1.165, 1.54) is 11.1 Å². The van der Waals surface area contributed by atoms with Crippen molar-refractivity contribution in [1.82, 2.24) is 0 Å². The van der Waals surface area contributed by atoms with Crippen LogP contribution in [0.25, 0.3) is 5.57 Å². The number of ether oxygens (including phenoxy) is 2. The Kier molecular flexibility index (Phi) is 17.9. The fourth-order valence-corrected chi connectivity index (χ4v) is 8.62. The standard InChI is InChI=1S/C47H43N3O.C19H23NO/c1-35-17-8-5-9-18-38(35)19-14-15-32-48(39-20-10-6-11-21-39)40-26-28-42(29-27-40)49-37(3)36(2)46-34-44(30-31-47(46)49)50(41-22-12-7-13-23-41)43-24-16-25-45(33-43)51-4;1-6-11-16(2)20(19-14-8-7-9-15-19)17(3)12-10-13-18(4)21-5/h5-7,9-34,37H,2,8H2,1,3-4H3;6-15H,1,3H2,2,4-5H3/b19-14-,32-15+;12-10-,16-11+,18-13+. The third-order valence-corrected chi connectivity index (χ3v) is 12.5. The largest absolute Gasteiger partial charge is 0.501 e. The van der Waals surface area contributed by atoms with Crippen LogP contribution in [0.1, 0.15) is 39.7 Å². The third-order valence-electron chi connectivity index (χ3n) is 12.5. The van der Waals surface area contributed by atoms with Crippen molar-refractivity contribution in [2.75, 3.05) is 33.8 Å². The number of methoxy groups -OCH3 is 2. The van der Waals surface area contributed by atoms with Crippen molar-refractivity contribution < 1.29 is 9.47 Å². The number of fused-ring (bicyclic) bond motifs is 1. The van der Waals surface area contributed by atoms with Crippen LogP contribution in [0.15, 0.2) is 285 Å². The molecular weight excluding hydrogens is 881 g/mol. The molecule has 6 aromatic carbocycles. The molecule has 6 heteroatoms. The molecule has 0 saturated heterocycles. The van der Waals surface area contributed by atoms with Crippen molar-refractivity contribution >= 4 is 51.1 Å². The molecule has 6 nitrogen and oxygen atoms in total. The van der Waals surface area contributed by atoms with Crippen molar-refractivity contribution in [2.24, 2.45) is 0 Å². The third kappa shape index (κ3) is 12.7. The zero-order valence-corrected chi connectivity index (χ0v) is 42.5. The summed E-state index contributed by atoms with van der Waals surface area (Å²) in [6, 6.07) is 54.9. The molecule has 0 bridgehead atoms. The van der Waals surface area contributed by atoms with Gasteiger partial charge in [-0.05, 0) is 166 Å². The molecule has 1 unspecified atom stereocenters. The molecule has 1 atom stereocenters. The molecule has 362 valence electrons. The summed E-state index contributed by atoms with van der Waals surface area (Å²) in [5.41, 5.74) is 15.4. The first-order chi connectivity index (χ1) is 35.1. The van der Waals surface area contributed by atoms with Gasteiger partial charge in [0.05, 0.1) is 26.0 Å². The van der Waals surface area contributed by atoms with Gasteiger partial charge in [0.1, 0.15) is 5.75 Å². The molecule has 72 heavy (non-hydrogen) atoms. The molecule has 8 rings (SSSR count). The van der Waals surface area contributed by atoms with Crippen LogP contribution in [-0.4, -0.2) is 20.3 Å². The van der Waals surface area contributed by atoms with Crippen LogP contribution < -0.4 is 24.3 Å². The first kappa shape index (κ1) is 51.1. The number of rotatable bonds is 17. The van der Waals surface area contributed by atoms with Gasteiger partial charge in [0.2, 0.25) is 0 Å². The summed E-state index contributed by atoms with van der Waals surface area (Å²) in [6.07, 6.45) is 27.8. The van der Waals surface area contributed by atoms with E-state index in [0.29, 0.717) is 0 Å². The predicted octanol–water partition coefficient (Wildman–Crippen LogP) is 18.0. The topological polar surface area (TPSA) is 31.4 Å². The van der Waals surface area contributed by atoms with E-state index < -0.39 is 0 Å². The Morgan fingerprint density at radius 1 is 0.694 bits per heavy atom. The average Bonchev–Trinajstić information content (AvgIpc) is 3.50. The molecule has 0 aromatic heterocycles. The Balaban J connectivity index is 0.000000305. The molecule has 0 fully saturated rings. The summed E-state index contributed by atoms with van der Waals surface area (Å²) in [7, 11) is 3.36. The number of hydrogen-bond donors (Lipinski definition) is 0. The fourth-order valence-electron chi connectivity index (χ4n) is 8.62. The van der Waals surface area contributed by atoms with Gasteiger partial charge in [-0.25, -0.2) is 0 Å². The van der Waals surface area contributed by atoms with E-state index in [2.05, 4.69) is 223 Å². The number of anilines is 8. The Bertz CT molecular complexity index is 3060. The zero-order chi connectivity index (χ0) is 50.8. The van der Waals surface area contributed by atoms with Crippen molar-refractivity contribution in [1.29, 1.82) is 0 Å². The highest BCUT2D eigenvalue weighted by Crippen LogP contribution is 2.47. The van der Waals surface area contributed by atoms with Crippen LogP contribution in [0, 0.1) is 0 Å². The minimum absolute atomic E-state index is 0.101. The molecule has 0 N–H and O–H groups in total. The molecule has 0 saturated carbocycles. The van der Waals surface area contributed by atoms with Gasteiger partial charge in [0.25, 0.3) is 0 Å². The number of benzene rings is 6. The molecule has 1 aliphatic heterocycles. The summed E-state index contributed by atoms with van der Waals surface area (Å²) in [5.74, 6) is 1.67. The maximum Gasteiger partial charge on any atom is 0.120 e. The fraction of sp³-hybridized carbons (Fsp3) is 0.121. The van der Waals surface area contributed by atoms with Crippen LogP contribution in [0.5, 0.6) is 5.75 Å². The van der Waals surface area contributed by atoms with Gasteiger partial charge in [-0.1, -0.05) is 129 Å². The Morgan fingerprint density at radius 2 is 1.32 bits per heavy atom. The molecule has 0 radical (unpaired) electrons. The minimum atomic E-state index is 0.101. The van der Waals surface area contributed by atoms with Crippen molar-refractivity contribution in [3.63, 3.8) is 0 Å². The summed E-state index contributed by atoms with van der Waals surface area (Å²) < 4.78 is 10.7. The lowest BCUT2D eigenvalue weighted by molar-refractivity contribution is 0.294. The SMILES string of the molecule is C=C/C=C(\C)N(C(=C)/C=C\C=C(/C)OC)c1ccccc1.C=C1c2cc(N(c3ccccc3)c3cccc(OC)c3)ccc2N(c2ccc(N(/C=C/C=C\C3=CC=CCC=C3C)c3ccccc3)cc2)C1C. The normalized spacial score (nSPS) is 14.6. The first-order valence-corrected chi connectivity index (χ1v) is 24.3. The molecular formula is C66H66N4O2. The second-order valence-corrected chi connectivity index (χ2v) is 17.3. The highest BCUT2D eigenvalue weighted by Gasteiger charge is 2.32. The molecule has 1 heterocycles. The van der Waals surface area contributed by atoms with Crippen LogP contribution in [0.2, 0.25) is 0 Å². The van der Waals surface area contributed by atoms with Crippen molar-refractivity contribution in [3.8, 4) is 5.75 Å². The average molecular weight is 947 g/mol. The lowest BCUT2D eigenvalue weighted by Crippen LogP contribution is -2.23. The van der Waals surface area contributed by atoms with Crippen LogP contribution in [0.3, 0.4) is 0 Å². The van der Waals surface area contributed by atoms with E-state index in [9.17, 15) is 0 Å². The summed E-state index contributed by atoms with van der Waals surface area (Å²) in [5, 5.41) is 0. The molecule has 2 aliphatic rings. The number of para-hydroxylation sites is 3. The Labute approximate surface area is 428 Å². The van der Waals surface area contributed by atoms with Crippen LogP contribution in [0.4, 0.5) is 45.5 Å². The molecule has 6 aromatic rings. The van der Waals surface area contributed by atoms with Gasteiger partial charge in [-0.15, -0.1) is 0 Å². The van der Waals surface area contributed by atoms with E-state index >= 15 is 0 Å². The quantitative estimate of drug-likeness (QED) is 0.0669. The minimum Gasteiger partial charge on any atom is -0.501 e. The highest BCUT2D eigenvalue weighted by atomic mass is 16.5. The van der Waals surface area contributed by atoms with E-state index in [0.717, 1.165) is 86.0 Å². The van der Waals surface area contributed by atoms with Gasteiger partial charge in [0.15, 0.2) is 0 Å². The zero-order valence-electron chi connectivity index (χ0n) is 42.5. The first-order valence-electron chi connectivity index (χ1n) is 24.3. The Morgan fingerprint density at radius 3 is 1.99 bits per heavy atom. The maximum absolute atomic E-state index is 5.58. The monoisotopic (exact) mass is 947 g/mol. The summed E-state index contributed by atoms with van der Waals surface area (Å²) in [4.78, 5) is 8.96. The second kappa shape index (κ2) is 25.2. The highest BCUT2D eigenvalue weighted by molar-refractivity contribution is 5.94. The lowest BCUT2D eigenvalue weighted by atomic mass is 10.0. The second-order valence-electron chi connectivity index (χ2n) is 17.3. The molecule has 0 spiro atoms. The van der Waals surface area contributed by atoms with E-state index in [4.69, 9.17) is 9.47 Å². The smallest absolute Gasteiger partial charge is 0.120 e. The predicted molar refractivity (Wildman–Crippen MR) is 309 cm³/mol. The summed E-state index contributed by atoms with van der Waals surface area (Å²) >= 11 is 0. The van der Waals surface area contributed by atoms with Crippen LogP contribution in [-0.2, 0) is 4.74 Å². The van der Waals surface area contributed by atoms with E-state index in [1.54, 1.807) is 20.3 Å². The lowest BCUT2D eigenvalue weighted by Gasteiger charge is -2.28.